The number of nitrogens with zero attached hydrogens (tertiary/aromatic N) is 2. The number of para-hydroxylation sites is 1. The number of benzene rings is 1. The standard InChI is InChI=1S/C23H21N3OS2/c27-19-11-14(15-5-1-3-7-17(15)24-19)12-28-22-20-16-6-2-4-8-18(16)29-23(20)26-21(25-22)13-9-10-13/h1,3,5,7,11,13H,2,4,6,8-10,12H2,(H,24,27). The number of hydrogen-bond donors (Lipinski definition) is 1. The number of aryl methyl sites for hydroxylation is 2. The quantitative estimate of drug-likeness (QED) is 0.346. The number of aromatic nitrogens is 3. The highest BCUT2D eigenvalue weighted by atomic mass is 32.2. The van der Waals surface area contributed by atoms with E-state index in [-0.39, 0.29) is 5.56 Å². The first-order chi connectivity index (χ1) is 14.3. The fourth-order valence-electron chi connectivity index (χ4n) is 4.31. The molecule has 4 nitrogen and oxygen atoms in total. The lowest BCUT2D eigenvalue weighted by Gasteiger charge is -2.12. The molecule has 0 bridgehead atoms. The Balaban J connectivity index is 1.44. The molecule has 0 atom stereocenters. The van der Waals surface area contributed by atoms with Crippen molar-refractivity contribution in [2.45, 2.75) is 55.2 Å². The predicted octanol–water partition coefficient (Wildman–Crippen LogP) is 5.58. The fraction of sp³-hybridized carbons (Fsp3) is 0.348. The maximum absolute atomic E-state index is 12.1. The van der Waals surface area contributed by atoms with Crippen molar-refractivity contribution in [3.05, 3.63) is 62.5 Å². The Labute approximate surface area is 176 Å². The summed E-state index contributed by atoms with van der Waals surface area (Å²) in [4.78, 5) is 27.8. The summed E-state index contributed by atoms with van der Waals surface area (Å²) in [7, 11) is 0. The number of rotatable bonds is 4. The molecule has 2 aliphatic rings. The summed E-state index contributed by atoms with van der Waals surface area (Å²) in [5, 5.41) is 3.51. The second kappa shape index (κ2) is 6.96. The minimum Gasteiger partial charge on any atom is -0.322 e. The average Bonchev–Trinajstić information content (AvgIpc) is 3.52. The first kappa shape index (κ1) is 17.7. The van der Waals surface area contributed by atoms with E-state index in [4.69, 9.17) is 9.97 Å². The molecule has 1 saturated carbocycles. The van der Waals surface area contributed by atoms with Crippen molar-refractivity contribution in [3.8, 4) is 0 Å². The lowest BCUT2D eigenvalue weighted by molar-refractivity contribution is 0.699. The van der Waals surface area contributed by atoms with Crippen molar-refractivity contribution in [3.63, 3.8) is 0 Å². The molecule has 4 aromatic rings. The molecule has 6 rings (SSSR count). The largest absolute Gasteiger partial charge is 0.322 e. The number of H-pyrrole nitrogens is 1. The molecular formula is C23H21N3OS2. The van der Waals surface area contributed by atoms with E-state index in [1.807, 2.05) is 29.5 Å². The molecular weight excluding hydrogens is 398 g/mol. The molecule has 2 aliphatic carbocycles. The lowest BCUT2D eigenvalue weighted by Crippen LogP contribution is -2.06. The van der Waals surface area contributed by atoms with Crippen LogP contribution in [0.1, 0.15) is 53.4 Å². The number of nitrogens with one attached hydrogen (secondary N) is 1. The zero-order valence-electron chi connectivity index (χ0n) is 16.0. The Morgan fingerprint density at radius 3 is 2.90 bits per heavy atom. The summed E-state index contributed by atoms with van der Waals surface area (Å²) in [6.45, 7) is 0. The van der Waals surface area contributed by atoms with Crippen LogP contribution in [0.15, 0.2) is 40.2 Å². The van der Waals surface area contributed by atoms with Crippen LogP contribution in [0.4, 0.5) is 0 Å². The van der Waals surface area contributed by atoms with Gasteiger partial charge in [-0.1, -0.05) is 18.2 Å². The van der Waals surface area contributed by atoms with Gasteiger partial charge in [-0.25, -0.2) is 9.97 Å². The van der Waals surface area contributed by atoms with Gasteiger partial charge in [-0.2, -0.15) is 0 Å². The zero-order chi connectivity index (χ0) is 19.4. The van der Waals surface area contributed by atoms with Gasteiger partial charge in [0.05, 0.1) is 0 Å². The minimum atomic E-state index is -0.0429. The first-order valence-corrected chi connectivity index (χ1v) is 12.1. The van der Waals surface area contributed by atoms with Crippen molar-refractivity contribution in [2.75, 3.05) is 0 Å². The summed E-state index contributed by atoms with van der Waals surface area (Å²) in [6, 6.07) is 9.77. The molecule has 146 valence electrons. The first-order valence-electron chi connectivity index (χ1n) is 10.3. The molecule has 0 spiro atoms. The second-order valence-electron chi connectivity index (χ2n) is 8.05. The number of pyridine rings is 1. The summed E-state index contributed by atoms with van der Waals surface area (Å²) < 4.78 is 0. The van der Waals surface area contributed by atoms with Crippen LogP contribution in [0.5, 0.6) is 0 Å². The van der Waals surface area contributed by atoms with E-state index in [1.165, 1.54) is 52.8 Å². The van der Waals surface area contributed by atoms with E-state index in [0.717, 1.165) is 39.5 Å². The Kier molecular flexibility index (Phi) is 4.24. The number of hydrogen-bond acceptors (Lipinski definition) is 5. The van der Waals surface area contributed by atoms with Crippen molar-refractivity contribution in [1.82, 2.24) is 15.0 Å². The molecule has 3 heterocycles. The maximum Gasteiger partial charge on any atom is 0.248 e. The van der Waals surface area contributed by atoms with E-state index >= 15 is 0 Å². The van der Waals surface area contributed by atoms with Gasteiger partial charge in [0, 0.05) is 38.9 Å². The number of thioether (sulfide) groups is 1. The van der Waals surface area contributed by atoms with Gasteiger partial charge in [0.15, 0.2) is 0 Å². The molecule has 3 aromatic heterocycles. The molecule has 1 N–H and O–H groups in total. The summed E-state index contributed by atoms with van der Waals surface area (Å²) >= 11 is 3.65. The topological polar surface area (TPSA) is 58.6 Å². The lowest BCUT2D eigenvalue weighted by atomic mass is 9.97. The third-order valence-electron chi connectivity index (χ3n) is 5.94. The van der Waals surface area contributed by atoms with E-state index < -0.39 is 0 Å². The Morgan fingerprint density at radius 2 is 2.00 bits per heavy atom. The average molecular weight is 420 g/mol. The van der Waals surface area contributed by atoms with Crippen LogP contribution in [0.2, 0.25) is 0 Å². The molecule has 1 fully saturated rings. The van der Waals surface area contributed by atoms with Gasteiger partial charge in [-0.15, -0.1) is 23.1 Å². The highest BCUT2D eigenvalue weighted by molar-refractivity contribution is 7.98. The van der Waals surface area contributed by atoms with Crippen LogP contribution < -0.4 is 5.56 Å². The van der Waals surface area contributed by atoms with Gasteiger partial charge in [0.2, 0.25) is 5.56 Å². The minimum absolute atomic E-state index is 0.0429. The van der Waals surface area contributed by atoms with E-state index in [0.29, 0.717) is 5.92 Å². The number of aromatic amines is 1. The number of thiophene rings is 1. The Morgan fingerprint density at radius 1 is 1.14 bits per heavy atom. The molecule has 0 aliphatic heterocycles. The van der Waals surface area contributed by atoms with Crippen molar-refractivity contribution >= 4 is 44.2 Å². The van der Waals surface area contributed by atoms with Gasteiger partial charge >= 0.3 is 0 Å². The van der Waals surface area contributed by atoms with E-state index in [2.05, 4.69) is 11.1 Å². The number of fused-ring (bicyclic) bond motifs is 4. The normalized spacial score (nSPS) is 16.4. The van der Waals surface area contributed by atoms with Crippen LogP contribution in [-0.2, 0) is 18.6 Å². The molecule has 0 unspecified atom stereocenters. The van der Waals surface area contributed by atoms with Gasteiger partial charge in [0.25, 0.3) is 0 Å². The van der Waals surface area contributed by atoms with Gasteiger partial charge in [-0.05, 0) is 55.7 Å². The third kappa shape index (κ3) is 3.19. The van der Waals surface area contributed by atoms with Crippen LogP contribution in [0.3, 0.4) is 0 Å². The van der Waals surface area contributed by atoms with Gasteiger partial charge in [-0.3, -0.25) is 4.79 Å². The van der Waals surface area contributed by atoms with Gasteiger partial charge < -0.3 is 4.98 Å². The molecule has 29 heavy (non-hydrogen) atoms. The summed E-state index contributed by atoms with van der Waals surface area (Å²) in [6.07, 6.45) is 7.27. The smallest absolute Gasteiger partial charge is 0.248 e. The molecule has 0 amide bonds. The summed E-state index contributed by atoms with van der Waals surface area (Å²) in [5.74, 6) is 2.30. The SMILES string of the molecule is O=c1cc(CSc2nc(C3CC3)nc3sc4c(c23)CCCC4)c2ccccc2[nH]1. The molecule has 1 aromatic carbocycles. The molecule has 6 heteroatoms. The van der Waals surface area contributed by atoms with Crippen LogP contribution >= 0.6 is 23.1 Å². The molecule has 0 radical (unpaired) electrons. The molecule has 0 saturated heterocycles. The zero-order valence-corrected chi connectivity index (χ0v) is 17.7. The Bertz CT molecular complexity index is 1300. The van der Waals surface area contributed by atoms with Crippen molar-refractivity contribution in [1.29, 1.82) is 0 Å². The van der Waals surface area contributed by atoms with Crippen LogP contribution in [0, 0.1) is 0 Å². The maximum atomic E-state index is 12.1. The van der Waals surface area contributed by atoms with Crippen LogP contribution in [-0.4, -0.2) is 15.0 Å². The van der Waals surface area contributed by atoms with Crippen molar-refractivity contribution in [2.24, 2.45) is 0 Å². The van der Waals surface area contributed by atoms with E-state index in [9.17, 15) is 4.79 Å². The van der Waals surface area contributed by atoms with E-state index in [1.54, 1.807) is 17.8 Å². The van der Waals surface area contributed by atoms with Crippen molar-refractivity contribution < 1.29 is 0 Å². The van der Waals surface area contributed by atoms with Crippen LogP contribution in [0.25, 0.3) is 21.1 Å². The second-order valence-corrected chi connectivity index (χ2v) is 10.1. The predicted molar refractivity (Wildman–Crippen MR) is 120 cm³/mol. The Hall–Kier alpha value is -2.18. The fourth-order valence-corrected chi connectivity index (χ4v) is 6.70. The highest BCUT2D eigenvalue weighted by Crippen LogP contribution is 2.44. The third-order valence-corrected chi connectivity index (χ3v) is 8.15. The summed E-state index contributed by atoms with van der Waals surface area (Å²) in [5.41, 5.74) is 3.41. The van der Waals surface area contributed by atoms with Gasteiger partial charge in [0.1, 0.15) is 15.7 Å². The highest BCUT2D eigenvalue weighted by Gasteiger charge is 2.29. The monoisotopic (exact) mass is 419 g/mol.